The van der Waals surface area contributed by atoms with Crippen LogP contribution in [0.25, 0.3) is 0 Å². The van der Waals surface area contributed by atoms with Crippen LogP contribution in [-0.4, -0.2) is 13.2 Å². The van der Waals surface area contributed by atoms with Gasteiger partial charge in [-0.25, -0.2) is 4.39 Å². The summed E-state index contributed by atoms with van der Waals surface area (Å²) in [6.07, 6.45) is 14.5. The molecule has 0 spiro atoms. The van der Waals surface area contributed by atoms with Crippen molar-refractivity contribution < 1.29 is 13.9 Å². The van der Waals surface area contributed by atoms with E-state index in [-0.39, 0.29) is 11.6 Å². The molecule has 1 aromatic carbocycles. The fraction of sp³-hybridized carbons (Fsp3) is 0.727. The maximum absolute atomic E-state index is 14.0. The summed E-state index contributed by atoms with van der Waals surface area (Å²) in [5, 5.41) is 0. The molecular formula is C22H37FO2. The second kappa shape index (κ2) is 15.0. The molecule has 0 bridgehead atoms. The molecule has 1 rings (SSSR count). The molecule has 144 valence electrons. The van der Waals surface area contributed by atoms with Crippen LogP contribution in [0, 0.1) is 5.82 Å². The normalized spacial score (nSPS) is 10.8. The van der Waals surface area contributed by atoms with Gasteiger partial charge in [-0.1, -0.05) is 84.1 Å². The lowest BCUT2D eigenvalue weighted by Gasteiger charge is -2.13. The highest BCUT2D eigenvalue weighted by molar-refractivity contribution is 5.40. The largest absolute Gasteiger partial charge is 0.490 e. The Morgan fingerprint density at radius 2 is 1.20 bits per heavy atom. The van der Waals surface area contributed by atoms with Crippen LogP contribution in [0.4, 0.5) is 4.39 Å². The van der Waals surface area contributed by atoms with E-state index in [1.165, 1.54) is 63.9 Å². The van der Waals surface area contributed by atoms with Crippen LogP contribution in [-0.2, 0) is 0 Å². The Morgan fingerprint density at radius 1 is 0.680 bits per heavy atom. The lowest BCUT2D eigenvalue weighted by molar-refractivity contribution is 0.248. The minimum Gasteiger partial charge on any atom is -0.490 e. The van der Waals surface area contributed by atoms with Crippen LogP contribution >= 0.6 is 0 Å². The zero-order chi connectivity index (χ0) is 18.2. The van der Waals surface area contributed by atoms with Crippen LogP contribution in [0.1, 0.15) is 90.9 Å². The van der Waals surface area contributed by atoms with Crippen LogP contribution < -0.4 is 9.47 Å². The minimum atomic E-state index is -0.327. The standard InChI is InChI=1S/C22H37FO2/c1-3-5-7-9-11-13-18-24-21-17-15-16-20(23)22(21)25-19-14-12-10-8-6-4-2/h15-17H,3-14,18-19H2,1-2H3. The van der Waals surface area contributed by atoms with E-state index in [1.807, 2.05) is 0 Å². The van der Waals surface area contributed by atoms with Gasteiger partial charge in [-0.15, -0.1) is 0 Å². The number of halogens is 1. The fourth-order valence-electron chi connectivity index (χ4n) is 2.86. The summed E-state index contributed by atoms with van der Waals surface area (Å²) in [7, 11) is 0. The summed E-state index contributed by atoms with van der Waals surface area (Å²) in [5.41, 5.74) is 0. The number of ether oxygens (including phenoxy) is 2. The van der Waals surface area contributed by atoms with Crippen molar-refractivity contribution in [2.24, 2.45) is 0 Å². The van der Waals surface area contributed by atoms with Crippen molar-refractivity contribution in [3.05, 3.63) is 24.0 Å². The molecule has 0 saturated carbocycles. The first-order valence-corrected chi connectivity index (χ1v) is 10.3. The number of rotatable bonds is 16. The molecule has 0 fully saturated rings. The molecule has 1 aromatic rings. The van der Waals surface area contributed by atoms with Crippen molar-refractivity contribution in [1.29, 1.82) is 0 Å². The summed E-state index contributed by atoms with van der Waals surface area (Å²) < 4.78 is 25.5. The van der Waals surface area contributed by atoms with Gasteiger partial charge >= 0.3 is 0 Å². The third-order valence-corrected chi connectivity index (χ3v) is 4.43. The molecule has 0 aliphatic heterocycles. The first kappa shape index (κ1) is 21.8. The molecule has 0 aliphatic rings. The van der Waals surface area contributed by atoms with E-state index in [0.717, 1.165) is 19.3 Å². The fourth-order valence-corrected chi connectivity index (χ4v) is 2.86. The van der Waals surface area contributed by atoms with Crippen molar-refractivity contribution in [3.63, 3.8) is 0 Å². The average Bonchev–Trinajstić information content (AvgIpc) is 2.62. The Hall–Kier alpha value is -1.25. The molecule has 0 aromatic heterocycles. The molecule has 0 N–H and O–H groups in total. The van der Waals surface area contributed by atoms with Crippen molar-refractivity contribution in [2.75, 3.05) is 13.2 Å². The van der Waals surface area contributed by atoms with Gasteiger partial charge in [0.25, 0.3) is 0 Å². The molecule has 0 heterocycles. The Balaban J connectivity index is 2.26. The predicted octanol–water partition coefficient (Wildman–Crippen LogP) is 7.30. The summed E-state index contributed by atoms with van der Waals surface area (Å²) in [4.78, 5) is 0. The number of hydrogen-bond donors (Lipinski definition) is 0. The van der Waals surface area contributed by atoms with E-state index in [2.05, 4.69) is 13.8 Å². The van der Waals surface area contributed by atoms with Crippen molar-refractivity contribution >= 4 is 0 Å². The van der Waals surface area contributed by atoms with Gasteiger partial charge in [0.15, 0.2) is 17.3 Å². The molecule has 0 radical (unpaired) electrons. The first-order chi connectivity index (χ1) is 12.3. The highest BCUT2D eigenvalue weighted by Crippen LogP contribution is 2.30. The molecule has 0 unspecified atom stereocenters. The van der Waals surface area contributed by atoms with Gasteiger partial charge in [-0.3, -0.25) is 0 Å². The number of hydrogen-bond acceptors (Lipinski definition) is 2. The Labute approximate surface area is 154 Å². The average molecular weight is 353 g/mol. The monoisotopic (exact) mass is 352 g/mol. The second-order valence-electron chi connectivity index (χ2n) is 6.80. The zero-order valence-corrected chi connectivity index (χ0v) is 16.3. The summed E-state index contributed by atoms with van der Waals surface area (Å²) >= 11 is 0. The third-order valence-electron chi connectivity index (χ3n) is 4.43. The van der Waals surface area contributed by atoms with Gasteiger partial charge < -0.3 is 9.47 Å². The third kappa shape index (κ3) is 10.4. The molecule has 25 heavy (non-hydrogen) atoms. The van der Waals surface area contributed by atoms with Gasteiger partial charge in [-0.05, 0) is 25.0 Å². The summed E-state index contributed by atoms with van der Waals surface area (Å²) in [5.74, 6) is 0.494. The molecule has 0 amide bonds. The Kier molecular flexibility index (Phi) is 13.1. The number of para-hydroxylation sites is 1. The topological polar surface area (TPSA) is 18.5 Å². The second-order valence-corrected chi connectivity index (χ2v) is 6.80. The van der Waals surface area contributed by atoms with E-state index in [1.54, 1.807) is 12.1 Å². The predicted molar refractivity (Wildman–Crippen MR) is 104 cm³/mol. The molecular weight excluding hydrogens is 315 g/mol. The molecule has 0 aliphatic carbocycles. The lowest BCUT2D eigenvalue weighted by atomic mass is 10.1. The Bertz CT molecular complexity index is 434. The van der Waals surface area contributed by atoms with Gasteiger partial charge in [0.05, 0.1) is 13.2 Å². The quantitative estimate of drug-likeness (QED) is 0.290. The van der Waals surface area contributed by atoms with Crippen LogP contribution in [0.2, 0.25) is 0 Å². The van der Waals surface area contributed by atoms with Crippen LogP contribution in [0.15, 0.2) is 18.2 Å². The smallest absolute Gasteiger partial charge is 0.197 e. The van der Waals surface area contributed by atoms with E-state index in [0.29, 0.717) is 19.0 Å². The van der Waals surface area contributed by atoms with Gasteiger partial charge in [-0.2, -0.15) is 0 Å². The number of unbranched alkanes of at least 4 members (excludes halogenated alkanes) is 10. The van der Waals surface area contributed by atoms with E-state index >= 15 is 0 Å². The van der Waals surface area contributed by atoms with Crippen LogP contribution in [0.5, 0.6) is 11.5 Å². The van der Waals surface area contributed by atoms with Gasteiger partial charge in [0, 0.05) is 0 Å². The van der Waals surface area contributed by atoms with E-state index in [9.17, 15) is 4.39 Å². The van der Waals surface area contributed by atoms with E-state index in [4.69, 9.17) is 9.47 Å². The molecule has 0 atom stereocenters. The van der Waals surface area contributed by atoms with Crippen molar-refractivity contribution in [1.82, 2.24) is 0 Å². The molecule has 3 heteroatoms. The minimum absolute atomic E-state index is 0.280. The highest BCUT2D eigenvalue weighted by atomic mass is 19.1. The number of benzene rings is 1. The maximum Gasteiger partial charge on any atom is 0.197 e. The summed E-state index contributed by atoms with van der Waals surface area (Å²) in [6.45, 7) is 5.62. The van der Waals surface area contributed by atoms with E-state index < -0.39 is 0 Å². The van der Waals surface area contributed by atoms with Crippen LogP contribution in [0.3, 0.4) is 0 Å². The van der Waals surface area contributed by atoms with Crippen molar-refractivity contribution in [3.8, 4) is 11.5 Å². The van der Waals surface area contributed by atoms with Gasteiger partial charge in [0.2, 0.25) is 0 Å². The summed E-state index contributed by atoms with van der Waals surface area (Å²) in [6, 6.07) is 4.93. The lowest BCUT2D eigenvalue weighted by Crippen LogP contribution is -2.04. The molecule has 2 nitrogen and oxygen atoms in total. The van der Waals surface area contributed by atoms with Gasteiger partial charge in [0.1, 0.15) is 0 Å². The maximum atomic E-state index is 14.0. The molecule has 0 saturated heterocycles. The SMILES string of the molecule is CCCCCCCCOc1cccc(F)c1OCCCCCCCC. The zero-order valence-electron chi connectivity index (χ0n) is 16.3. The first-order valence-electron chi connectivity index (χ1n) is 10.3. The Morgan fingerprint density at radius 3 is 1.80 bits per heavy atom. The van der Waals surface area contributed by atoms with Crippen molar-refractivity contribution in [2.45, 2.75) is 90.9 Å². The highest BCUT2D eigenvalue weighted by Gasteiger charge is 2.11.